The number of ether oxygens (including phenoxy) is 1. The van der Waals surface area contributed by atoms with Gasteiger partial charge in [0.15, 0.2) is 0 Å². The summed E-state index contributed by atoms with van der Waals surface area (Å²) in [6.45, 7) is 10.9. The van der Waals surface area contributed by atoms with Crippen molar-refractivity contribution < 1.29 is 4.74 Å². The molecule has 1 unspecified atom stereocenters. The Bertz CT molecular complexity index is 134. The Kier molecular flexibility index (Phi) is 3.53. The minimum atomic E-state index is 0.375. The molecule has 1 aliphatic rings. The zero-order valence-electron chi connectivity index (χ0n) is 8.71. The molecule has 0 radical (unpaired) electrons. The van der Waals surface area contributed by atoms with Crippen molar-refractivity contribution >= 4 is 0 Å². The maximum absolute atomic E-state index is 5.58. The van der Waals surface area contributed by atoms with E-state index in [0.717, 1.165) is 6.61 Å². The van der Waals surface area contributed by atoms with Crippen LogP contribution in [0.1, 0.15) is 34.1 Å². The predicted octanol–water partition coefficient (Wildman–Crippen LogP) is 1.89. The van der Waals surface area contributed by atoms with Gasteiger partial charge >= 0.3 is 0 Å². The van der Waals surface area contributed by atoms with Gasteiger partial charge in [-0.2, -0.15) is 0 Å². The molecular formula is C10H21NO. The van der Waals surface area contributed by atoms with Crippen molar-refractivity contribution in [2.75, 3.05) is 13.2 Å². The van der Waals surface area contributed by atoms with Crippen LogP contribution in [0.2, 0.25) is 0 Å². The van der Waals surface area contributed by atoms with Crippen molar-refractivity contribution in [3.63, 3.8) is 0 Å². The second kappa shape index (κ2) is 4.24. The summed E-state index contributed by atoms with van der Waals surface area (Å²) in [6.07, 6.45) is 1.69. The Hall–Kier alpha value is -0.0800. The lowest BCUT2D eigenvalue weighted by atomic mass is 10.0. The molecule has 0 aromatic heterocycles. The lowest BCUT2D eigenvalue weighted by Crippen LogP contribution is -2.53. The number of hydrogen-bond acceptors (Lipinski definition) is 2. The van der Waals surface area contributed by atoms with E-state index in [2.05, 4.69) is 32.6 Å². The first-order valence-electron chi connectivity index (χ1n) is 4.98. The van der Waals surface area contributed by atoms with Crippen LogP contribution in [-0.4, -0.2) is 36.2 Å². The average Bonchev–Trinajstić information content (AvgIpc) is 1.82. The van der Waals surface area contributed by atoms with Crippen LogP contribution in [0.5, 0.6) is 0 Å². The molecule has 1 fully saturated rings. The molecular weight excluding hydrogens is 150 g/mol. The van der Waals surface area contributed by atoms with Crippen LogP contribution in [0.25, 0.3) is 0 Å². The fourth-order valence-electron chi connectivity index (χ4n) is 1.62. The topological polar surface area (TPSA) is 12.5 Å². The van der Waals surface area contributed by atoms with E-state index in [4.69, 9.17) is 4.74 Å². The Morgan fingerprint density at radius 2 is 2.00 bits per heavy atom. The summed E-state index contributed by atoms with van der Waals surface area (Å²) in [5.41, 5.74) is 0. The van der Waals surface area contributed by atoms with E-state index in [1.54, 1.807) is 0 Å². The van der Waals surface area contributed by atoms with Crippen molar-refractivity contribution in [1.29, 1.82) is 0 Å². The molecule has 1 saturated heterocycles. The van der Waals surface area contributed by atoms with Gasteiger partial charge in [0, 0.05) is 18.6 Å². The van der Waals surface area contributed by atoms with Crippen LogP contribution in [0.3, 0.4) is 0 Å². The van der Waals surface area contributed by atoms with Crippen LogP contribution in [-0.2, 0) is 4.74 Å². The number of nitrogens with zero attached hydrogens (tertiary/aromatic N) is 1. The quantitative estimate of drug-likeness (QED) is 0.640. The average molecular weight is 171 g/mol. The first kappa shape index (κ1) is 10.0. The Morgan fingerprint density at radius 3 is 2.33 bits per heavy atom. The second-order valence-electron chi connectivity index (χ2n) is 4.16. The van der Waals surface area contributed by atoms with Crippen LogP contribution >= 0.6 is 0 Å². The molecule has 0 aromatic carbocycles. The van der Waals surface area contributed by atoms with Crippen LogP contribution < -0.4 is 0 Å². The predicted molar refractivity (Wildman–Crippen MR) is 51.3 cm³/mol. The molecule has 0 saturated carbocycles. The van der Waals surface area contributed by atoms with Gasteiger partial charge in [-0.1, -0.05) is 0 Å². The van der Waals surface area contributed by atoms with Gasteiger partial charge in [0.05, 0.1) is 12.7 Å². The molecule has 0 N–H and O–H groups in total. The smallest absolute Gasteiger partial charge is 0.0625 e. The molecule has 12 heavy (non-hydrogen) atoms. The number of likely N-dealkylation sites (tertiary alicyclic amines) is 1. The maximum Gasteiger partial charge on any atom is 0.0625 e. The van der Waals surface area contributed by atoms with Gasteiger partial charge in [-0.05, 0) is 34.1 Å². The van der Waals surface area contributed by atoms with Gasteiger partial charge in [0.1, 0.15) is 0 Å². The van der Waals surface area contributed by atoms with Gasteiger partial charge in [-0.25, -0.2) is 0 Å². The molecule has 1 rings (SSSR count). The number of hydrogen-bond donors (Lipinski definition) is 0. The van der Waals surface area contributed by atoms with Crippen LogP contribution in [0.15, 0.2) is 0 Å². The zero-order valence-corrected chi connectivity index (χ0v) is 8.71. The number of rotatable bonds is 4. The van der Waals surface area contributed by atoms with E-state index >= 15 is 0 Å². The van der Waals surface area contributed by atoms with Crippen molar-refractivity contribution in [2.24, 2.45) is 0 Å². The van der Waals surface area contributed by atoms with E-state index in [1.165, 1.54) is 13.0 Å². The van der Waals surface area contributed by atoms with Crippen molar-refractivity contribution in [2.45, 2.75) is 52.3 Å². The third-order valence-electron chi connectivity index (χ3n) is 2.47. The molecule has 1 heterocycles. The van der Waals surface area contributed by atoms with Crippen LogP contribution in [0.4, 0.5) is 0 Å². The van der Waals surface area contributed by atoms with Crippen LogP contribution in [0, 0.1) is 0 Å². The first-order chi connectivity index (χ1) is 5.61. The molecule has 0 aliphatic carbocycles. The third kappa shape index (κ3) is 2.46. The first-order valence-corrected chi connectivity index (χ1v) is 4.98. The SMILES string of the molecule is CC(C)OCC1CCN1C(C)C. The highest BCUT2D eigenvalue weighted by Crippen LogP contribution is 2.20. The Balaban J connectivity index is 2.17. The molecule has 2 heteroatoms. The molecule has 72 valence electrons. The molecule has 1 atom stereocenters. The van der Waals surface area contributed by atoms with Crippen molar-refractivity contribution in [1.82, 2.24) is 4.90 Å². The molecule has 0 aromatic rings. The Labute approximate surface area is 75.9 Å². The van der Waals surface area contributed by atoms with Gasteiger partial charge in [0.2, 0.25) is 0 Å². The Morgan fingerprint density at radius 1 is 1.33 bits per heavy atom. The summed E-state index contributed by atoms with van der Waals surface area (Å²) in [5, 5.41) is 0. The summed E-state index contributed by atoms with van der Waals surface area (Å²) in [6, 6.07) is 1.37. The van der Waals surface area contributed by atoms with Gasteiger partial charge in [-0.15, -0.1) is 0 Å². The van der Waals surface area contributed by atoms with E-state index in [9.17, 15) is 0 Å². The maximum atomic E-state index is 5.58. The highest BCUT2D eigenvalue weighted by molar-refractivity contribution is 4.84. The molecule has 0 amide bonds. The summed E-state index contributed by atoms with van der Waals surface area (Å²) in [4.78, 5) is 2.50. The highest BCUT2D eigenvalue weighted by Gasteiger charge is 2.29. The third-order valence-corrected chi connectivity index (χ3v) is 2.47. The molecule has 0 spiro atoms. The van der Waals surface area contributed by atoms with Gasteiger partial charge in [-0.3, -0.25) is 4.90 Å². The van der Waals surface area contributed by atoms with E-state index in [-0.39, 0.29) is 0 Å². The minimum absolute atomic E-state index is 0.375. The second-order valence-corrected chi connectivity index (χ2v) is 4.16. The summed E-state index contributed by atoms with van der Waals surface area (Å²) in [5.74, 6) is 0. The molecule has 2 nitrogen and oxygen atoms in total. The normalized spacial score (nSPS) is 25.0. The van der Waals surface area contributed by atoms with Crippen molar-refractivity contribution in [3.8, 4) is 0 Å². The largest absolute Gasteiger partial charge is 0.377 e. The standard InChI is InChI=1S/C10H21NO/c1-8(2)11-6-5-10(11)7-12-9(3)4/h8-10H,5-7H2,1-4H3. The van der Waals surface area contributed by atoms with E-state index in [1.807, 2.05) is 0 Å². The molecule has 0 bridgehead atoms. The minimum Gasteiger partial charge on any atom is -0.377 e. The fourth-order valence-corrected chi connectivity index (χ4v) is 1.62. The van der Waals surface area contributed by atoms with Gasteiger partial charge < -0.3 is 4.74 Å². The summed E-state index contributed by atoms with van der Waals surface area (Å²) in [7, 11) is 0. The highest BCUT2D eigenvalue weighted by atomic mass is 16.5. The zero-order chi connectivity index (χ0) is 9.14. The monoisotopic (exact) mass is 171 g/mol. The van der Waals surface area contributed by atoms with E-state index in [0.29, 0.717) is 18.2 Å². The summed E-state index contributed by atoms with van der Waals surface area (Å²) < 4.78 is 5.58. The fraction of sp³-hybridized carbons (Fsp3) is 1.00. The summed E-state index contributed by atoms with van der Waals surface area (Å²) >= 11 is 0. The molecule has 1 aliphatic heterocycles. The lowest BCUT2D eigenvalue weighted by Gasteiger charge is -2.44. The van der Waals surface area contributed by atoms with Crippen molar-refractivity contribution in [3.05, 3.63) is 0 Å². The van der Waals surface area contributed by atoms with Gasteiger partial charge in [0.25, 0.3) is 0 Å². The lowest BCUT2D eigenvalue weighted by molar-refractivity contribution is -0.0313. The van der Waals surface area contributed by atoms with E-state index < -0.39 is 0 Å².